The molecule has 0 saturated carbocycles. The second-order valence-corrected chi connectivity index (χ2v) is 5.48. The van der Waals surface area contributed by atoms with Gasteiger partial charge >= 0.3 is 0 Å². The average molecular weight is 296 g/mol. The number of fused-ring (bicyclic) bond motifs is 1. The molecule has 0 spiro atoms. The number of carbonyl (C=O) groups excluding carboxylic acids is 1. The summed E-state index contributed by atoms with van der Waals surface area (Å²) in [6, 6.07) is 9.75. The first kappa shape index (κ1) is 14.4. The van der Waals surface area contributed by atoms with Crippen molar-refractivity contribution in [2.75, 3.05) is 0 Å². The molecule has 1 amide bonds. The van der Waals surface area contributed by atoms with E-state index in [-0.39, 0.29) is 11.9 Å². The molecule has 0 saturated heterocycles. The number of hydrogen-bond donors (Lipinski definition) is 2. The van der Waals surface area contributed by atoms with Gasteiger partial charge in [-0.2, -0.15) is 0 Å². The van der Waals surface area contributed by atoms with Crippen molar-refractivity contribution in [3.63, 3.8) is 0 Å². The highest BCUT2D eigenvalue weighted by Crippen LogP contribution is 2.14. The Balaban J connectivity index is 1.69. The van der Waals surface area contributed by atoms with E-state index in [0.29, 0.717) is 6.54 Å². The van der Waals surface area contributed by atoms with E-state index in [9.17, 15) is 4.79 Å². The van der Waals surface area contributed by atoms with Gasteiger partial charge in [-0.25, -0.2) is 4.98 Å². The Morgan fingerprint density at radius 3 is 2.86 bits per heavy atom. The summed E-state index contributed by atoms with van der Waals surface area (Å²) in [5.74, 6) is 0.784. The summed E-state index contributed by atoms with van der Waals surface area (Å²) in [5.41, 5.74) is 3.11. The quantitative estimate of drug-likeness (QED) is 0.760. The maximum Gasteiger partial charge on any atom is 0.243 e. The highest BCUT2D eigenvalue weighted by molar-refractivity contribution is 5.80. The fourth-order valence-corrected chi connectivity index (χ4v) is 2.64. The Labute approximate surface area is 129 Å². The Morgan fingerprint density at radius 2 is 2.14 bits per heavy atom. The SMILES string of the molecule is CCC(C(=O)NCc1nc2ccc(C)cc2[nH]1)n1cccc1. The van der Waals surface area contributed by atoms with Crippen LogP contribution in [0, 0.1) is 6.92 Å². The summed E-state index contributed by atoms with van der Waals surface area (Å²) in [7, 11) is 0. The summed E-state index contributed by atoms with van der Waals surface area (Å²) in [4.78, 5) is 20.1. The number of benzene rings is 1. The lowest BCUT2D eigenvalue weighted by atomic mass is 10.2. The number of hydrogen-bond acceptors (Lipinski definition) is 2. The normalized spacial score (nSPS) is 12.5. The van der Waals surface area contributed by atoms with E-state index >= 15 is 0 Å². The minimum atomic E-state index is -0.179. The van der Waals surface area contributed by atoms with Gasteiger partial charge < -0.3 is 14.9 Å². The zero-order chi connectivity index (χ0) is 15.5. The smallest absolute Gasteiger partial charge is 0.243 e. The molecule has 3 rings (SSSR count). The predicted molar refractivity (Wildman–Crippen MR) is 86.4 cm³/mol. The lowest BCUT2D eigenvalue weighted by Gasteiger charge is -2.16. The van der Waals surface area contributed by atoms with Crippen LogP contribution in [0.2, 0.25) is 0 Å². The van der Waals surface area contributed by atoms with Gasteiger partial charge in [-0.1, -0.05) is 13.0 Å². The summed E-state index contributed by atoms with van der Waals surface area (Å²) < 4.78 is 1.93. The van der Waals surface area contributed by atoms with Crippen LogP contribution in [-0.4, -0.2) is 20.4 Å². The number of amides is 1. The van der Waals surface area contributed by atoms with E-state index in [4.69, 9.17) is 0 Å². The zero-order valence-corrected chi connectivity index (χ0v) is 12.8. The summed E-state index contributed by atoms with van der Waals surface area (Å²) in [6.45, 7) is 4.46. The van der Waals surface area contributed by atoms with Crippen LogP contribution in [0.1, 0.15) is 30.8 Å². The fraction of sp³-hybridized carbons (Fsp3) is 0.294. The van der Waals surface area contributed by atoms with Crippen LogP contribution < -0.4 is 5.32 Å². The Bertz CT molecular complexity index is 773. The Hall–Kier alpha value is -2.56. The minimum absolute atomic E-state index is 0.00957. The van der Waals surface area contributed by atoms with Crippen LogP contribution in [0.5, 0.6) is 0 Å². The average Bonchev–Trinajstić information content (AvgIpc) is 3.14. The largest absolute Gasteiger partial charge is 0.347 e. The van der Waals surface area contributed by atoms with E-state index in [0.717, 1.165) is 23.3 Å². The van der Waals surface area contributed by atoms with Crippen molar-refractivity contribution in [3.8, 4) is 0 Å². The maximum absolute atomic E-state index is 12.3. The predicted octanol–water partition coefficient (Wildman–Crippen LogP) is 2.94. The molecule has 2 heterocycles. The lowest BCUT2D eigenvalue weighted by molar-refractivity contribution is -0.124. The van der Waals surface area contributed by atoms with E-state index < -0.39 is 0 Å². The van der Waals surface area contributed by atoms with Crippen LogP contribution in [0.3, 0.4) is 0 Å². The maximum atomic E-state index is 12.3. The second kappa shape index (κ2) is 6.05. The molecule has 0 radical (unpaired) electrons. The lowest BCUT2D eigenvalue weighted by Crippen LogP contribution is -2.31. The molecule has 3 aromatic rings. The molecule has 2 aromatic heterocycles. The van der Waals surface area contributed by atoms with Gasteiger partial charge in [0.15, 0.2) is 0 Å². The standard InChI is InChI=1S/C17H20N4O/c1-3-15(21-8-4-5-9-21)17(22)18-11-16-19-13-7-6-12(2)10-14(13)20-16/h4-10,15H,3,11H2,1-2H3,(H,18,22)(H,19,20). The van der Waals surface area contributed by atoms with Gasteiger partial charge in [0.25, 0.3) is 0 Å². The van der Waals surface area contributed by atoms with Crippen molar-refractivity contribution in [1.29, 1.82) is 0 Å². The first-order chi connectivity index (χ1) is 10.7. The third-order valence-electron chi connectivity index (χ3n) is 3.79. The van der Waals surface area contributed by atoms with Crippen molar-refractivity contribution in [2.24, 2.45) is 0 Å². The number of aromatic amines is 1. The number of nitrogens with zero attached hydrogens (tertiary/aromatic N) is 2. The van der Waals surface area contributed by atoms with Crippen LogP contribution in [-0.2, 0) is 11.3 Å². The summed E-state index contributed by atoms with van der Waals surface area (Å²) in [6.07, 6.45) is 4.58. The van der Waals surface area contributed by atoms with Crippen molar-refractivity contribution < 1.29 is 4.79 Å². The molecule has 0 aliphatic rings. The highest BCUT2D eigenvalue weighted by Gasteiger charge is 2.17. The van der Waals surface area contributed by atoms with Crippen molar-refractivity contribution in [3.05, 3.63) is 54.1 Å². The molecule has 5 heteroatoms. The van der Waals surface area contributed by atoms with Crippen LogP contribution in [0.25, 0.3) is 11.0 Å². The minimum Gasteiger partial charge on any atom is -0.347 e. The van der Waals surface area contributed by atoms with Crippen LogP contribution in [0.15, 0.2) is 42.7 Å². The van der Waals surface area contributed by atoms with Gasteiger partial charge in [0, 0.05) is 12.4 Å². The molecule has 0 aliphatic heterocycles. The molecule has 114 valence electrons. The van der Waals surface area contributed by atoms with Gasteiger partial charge in [-0.05, 0) is 43.2 Å². The molecule has 1 aromatic carbocycles. The molecule has 1 atom stereocenters. The third kappa shape index (κ3) is 2.88. The van der Waals surface area contributed by atoms with E-state index in [1.54, 1.807) is 0 Å². The number of carbonyl (C=O) groups is 1. The highest BCUT2D eigenvalue weighted by atomic mass is 16.2. The number of aromatic nitrogens is 3. The summed E-state index contributed by atoms with van der Waals surface area (Å²) >= 11 is 0. The fourth-order valence-electron chi connectivity index (χ4n) is 2.64. The number of aryl methyl sites for hydroxylation is 1. The molecule has 0 fully saturated rings. The molecule has 0 aliphatic carbocycles. The first-order valence-electron chi connectivity index (χ1n) is 7.53. The number of rotatable bonds is 5. The van der Waals surface area contributed by atoms with E-state index in [2.05, 4.69) is 21.4 Å². The third-order valence-corrected chi connectivity index (χ3v) is 3.79. The van der Waals surface area contributed by atoms with Crippen molar-refractivity contribution in [2.45, 2.75) is 32.9 Å². The van der Waals surface area contributed by atoms with Gasteiger partial charge in [0.1, 0.15) is 11.9 Å². The van der Waals surface area contributed by atoms with Crippen molar-refractivity contribution >= 4 is 16.9 Å². The first-order valence-corrected chi connectivity index (χ1v) is 7.53. The number of H-pyrrole nitrogens is 1. The molecule has 2 N–H and O–H groups in total. The number of imidazole rings is 1. The van der Waals surface area contributed by atoms with Crippen LogP contribution >= 0.6 is 0 Å². The van der Waals surface area contributed by atoms with Gasteiger partial charge in [0.05, 0.1) is 17.6 Å². The topological polar surface area (TPSA) is 62.7 Å². The van der Waals surface area contributed by atoms with E-state index in [1.165, 1.54) is 5.56 Å². The van der Waals surface area contributed by atoms with Gasteiger partial charge in [-0.15, -0.1) is 0 Å². The van der Waals surface area contributed by atoms with Crippen LogP contribution in [0.4, 0.5) is 0 Å². The molecule has 1 unspecified atom stereocenters. The zero-order valence-electron chi connectivity index (χ0n) is 12.8. The molecular formula is C17H20N4O. The van der Waals surface area contributed by atoms with E-state index in [1.807, 2.05) is 55.1 Å². The Kier molecular flexibility index (Phi) is 3.96. The number of nitrogens with one attached hydrogen (secondary N) is 2. The summed E-state index contributed by atoms with van der Waals surface area (Å²) in [5, 5.41) is 2.96. The Morgan fingerprint density at radius 1 is 1.36 bits per heavy atom. The molecule has 5 nitrogen and oxygen atoms in total. The van der Waals surface area contributed by atoms with Gasteiger partial charge in [0.2, 0.25) is 5.91 Å². The molecular weight excluding hydrogens is 276 g/mol. The molecule has 0 bridgehead atoms. The van der Waals surface area contributed by atoms with Crippen molar-refractivity contribution in [1.82, 2.24) is 19.9 Å². The second-order valence-electron chi connectivity index (χ2n) is 5.48. The molecule has 22 heavy (non-hydrogen) atoms. The monoisotopic (exact) mass is 296 g/mol. The van der Waals surface area contributed by atoms with Gasteiger partial charge in [-0.3, -0.25) is 4.79 Å².